The first-order valence-corrected chi connectivity index (χ1v) is 7.90. The van der Waals surface area contributed by atoms with Crippen LogP contribution in [0.5, 0.6) is 0 Å². The van der Waals surface area contributed by atoms with Crippen LogP contribution in [0.15, 0.2) is 0 Å². The van der Waals surface area contributed by atoms with E-state index in [4.69, 9.17) is 4.74 Å². The van der Waals surface area contributed by atoms with Crippen molar-refractivity contribution >= 4 is 11.8 Å². The van der Waals surface area contributed by atoms with Crippen LogP contribution in [-0.2, 0) is 14.3 Å². The summed E-state index contributed by atoms with van der Waals surface area (Å²) in [6.45, 7) is 10.2. The second-order valence-corrected chi connectivity index (χ2v) is 7.63. The molecule has 20 heavy (non-hydrogen) atoms. The predicted molar refractivity (Wildman–Crippen MR) is 78.2 cm³/mol. The van der Waals surface area contributed by atoms with Crippen molar-refractivity contribution < 1.29 is 14.3 Å². The first-order chi connectivity index (χ1) is 9.19. The number of rotatable bonds is 2. The van der Waals surface area contributed by atoms with E-state index in [1.807, 2.05) is 0 Å². The summed E-state index contributed by atoms with van der Waals surface area (Å²) in [6, 6.07) is 0. The molecule has 114 valence electrons. The number of carbonyl (C=O) groups is 2. The number of ether oxygens (including phenoxy) is 1. The van der Waals surface area contributed by atoms with Gasteiger partial charge in [0.25, 0.3) is 0 Å². The Balaban J connectivity index is 2.32. The zero-order chi connectivity index (χ0) is 15.1. The van der Waals surface area contributed by atoms with Crippen molar-refractivity contribution in [3.63, 3.8) is 0 Å². The van der Waals surface area contributed by atoms with Gasteiger partial charge in [0.15, 0.2) is 0 Å². The highest BCUT2D eigenvalue weighted by Crippen LogP contribution is 2.59. The lowest BCUT2D eigenvalue weighted by molar-refractivity contribution is -0.173. The van der Waals surface area contributed by atoms with E-state index in [0.29, 0.717) is 17.6 Å². The van der Waals surface area contributed by atoms with Gasteiger partial charge in [0, 0.05) is 18.8 Å². The van der Waals surface area contributed by atoms with E-state index < -0.39 is 0 Å². The van der Waals surface area contributed by atoms with Crippen LogP contribution >= 0.6 is 0 Å². The lowest BCUT2D eigenvalue weighted by Gasteiger charge is -2.56. The lowest BCUT2D eigenvalue weighted by Crippen LogP contribution is -2.56. The molecule has 0 aromatic carbocycles. The molecule has 0 N–H and O–H groups in total. The van der Waals surface area contributed by atoms with Crippen molar-refractivity contribution in [3.05, 3.63) is 0 Å². The summed E-state index contributed by atoms with van der Waals surface area (Å²) in [4.78, 5) is 23.9. The molecule has 4 atom stereocenters. The van der Waals surface area contributed by atoms with Crippen LogP contribution in [0.25, 0.3) is 0 Å². The van der Waals surface area contributed by atoms with Crippen LogP contribution in [0.2, 0.25) is 0 Å². The maximum atomic E-state index is 12.5. The molecule has 0 unspecified atom stereocenters. The summed E-state index contributed by atoms with van der Waals surface area (Å²) < 4.78 is 5.61. The van der Waals surface area contributed by atoms with Crippen molar-refractivity contribution in [3.8, 4) is 0 Å². The molecule has 2 rings (SSSR count). The summed E-state index contributed by atoms with van der Waals surface area (Å²) in [5.74, 6) is 0.933. The van der Waals surface area contributed by atoms with Gasteiger partial charge in [-0.05, 0) is 42.9 Å². The minimum Gasteiger partial charge on any atom is -0.462 e. The number of hydrogen-bond acceptors (Lipinski definition) is 3. The molecule has 0 saturated heterocycles. The molecule has 3 nitrogen and oxygen atoms in total. The molecular formula is C17H28O3. The summed E-state index contributed by atoms with van der Waals surface area (Å²) in [6.07, 6.45) is 4.42. The van der Waals surface area contributed by atoms with Crippen LogP contribution in [0, 0.1) is 22.7 Å². The third kappa shape index (κ3) is 2.40. The van der Waals surface area contributed by atoms with Crippen molar-refractivity contribution in [2.75, 3.05) is 0 Å². The van der Waals surface area contributed by atoms with Gasteiger partial charge < -0.3 is 4.74 Å². The second kappa shape index (κ2) is 5.16. The van der Waals surface area contributed by atoms with E-state index in [9.17, 15) is 9.59 Å². The molecule has 0 heterocycles. The third-order valence-corrected chi connectivity index (χ3v) is 6.03. The molecule has 0 aromatic heterocycles. The highest BCUT2D eigenvalue weighted by Gasteiger charge is 2.58. The average molecular weight is 280 g/mol. The molecule has 0 bridgehead atoms. The van der Waals surface area contributed by atoms with E-state index in [1.54, 1.807) is 0 Å². The van der Waals surface area contributed by atoms with Crippen LogP contribution in [0.1, 0.15) is 66.7 Å². The van der Waals surface area contributed by atoms with Gasteiger partial charge in [-0.1, -0.05) is 27.7 Å². The number of esters is 1. The molecule has 0 spiro atoms. The minimum absolute atomic E-state index is 0.0200. The SMILES string of the molecule is CC(=O)O[C@H]1C[C@@]2(C)CCCC(=O)[C@@]2(C)C[C@H]1C(C)C. The number of ketones is 1. The number of hydrogen-bond donors (Lipinski definition) is 0. The predicted octanol–water partition coefficient (Wildman–Crippen LogP) is 3.75. The Morgan fingerprint density at radius 2 is 1.95 bits per heavy atom. The van der Waals surface area contributed by atoms with Crippen LogP contribution in [-0.4, -0.2) is 17.9 Å². The van der Waals surface area contributed by atoms with E-state index >= 15 is 0 Å². The Hall–Kier alpha value is -0.860. The smallest absolute Gasteiger partial charge is 0.302 e. The van der Waals surface area contributed by atoms with Crippen molar-refractivity contribution in [1.29, 1.82) is 0 Å². The molecule has 2 saturated carbocycles. The topological polar surface area (TPSA) is 43.4 Å². The molecule has 0 radical (unpaired) electrons. The summed E-state index contributed by atoms with van der Waals surface area (Å²) in [5.41, 5.74) is -0.259. The van der Waals surface area contributed by atoms with Gasteiger partial charge in [-0.15, -0.1) is 0 Å². The van der Waals surface area contributed by atoms with Gasteiger partial charge in [0.2, 0.25) is 0 Å². The van der Waals surface area contributed by atoms with Crippen molar-refractivity contribution in [1.82, 2.24) is 0 Å². The van der Waals surface area contributed by atoms with Gasteiger partial charge in [0.1, 0.15) is 11.9 Å². The second-order valence-electron chi connectivity index (χ2n) is 7.63. The molecule has 3 heteroatoms. The Kier molecular flexibility index (Phi) is 4.01. The summed E-state index contributed by atoms with van der Waals surface area (Å²) in [7, 11) is 0. The molecule has 0 aromatic rings. The molecule has 0 aliphatic heterocycles. The van der Waals surface area contributed by atoms with Crippen molar-refractivity contribution in [2.24, 2.45) is 22.7 Å². The maximum absolute atomic E-state index is 12.5. The molecule has 2 aliphatic rings. The first-order valence-electron chi connectivity index (χ1n) is 7.90. The number of Topliss-reactive ketones (excluding diaryl/α,β-unsaturated/α-hetero) is 1. The Bertz CT molecular complexity index is 414. The third-order valence-electron chi connectivity index (χ3n) is 6.03. The quantitative estimate of drug-likeness (QED) is 0.723. The fourth-order valence-corrected chi connectivity index (χ4v) is 4.42. The highest BCUT2D eigenvalue weighted by atomic mass is 16.5. The monoisotopic (exact) mass is 280 g/mol. The normalized spacial score (nSPS) is 41.4. The van der Waals surface area contributed by atoms with Crippen molar-refractivity contribution in [2.45, 2.75) is 72.8 Å². The first kappa shape index (κ1) is 15.5. The largest absolute Gasteiger partial charge is 0.462 e. The lowest BCUT2D eigenvalue weighted by atomic mass is 9.48. The van der Waals surface area contributed by atoms with Gasteiger partial charge in [0.05, 0.1) is 0 Å². The number of fused-ring (bicyclic) bond motifs is 1. The van der Waals surface area contributed by atoms with Gasteiger partial charge in [-0.3, -0.25) is 9.59 Å². The Morgan fingerprint density at radius 3 is 2.50 bits per heavy atom. The maximum Gasteiger partial charge on any atom is 0.302 e. The van der Waals surface area contributed by atoms with E-state index in [0.717, 1.165) is 32.1 Å². The van der Waals surface area contributed by atoms with Crippen LogP contribution in [0.3, 0.4) is 0 Å². The van der Waals surface area contributed by atoms with Crippen LogP contribution in [0.4, 0.5) is 0 Å². The molecular weight excluding hydrogens is 252 g/mol. The molecule has 0 amide bonds. The average Bonchev–Trinajstić information content (AvgIpc) is 2.31. The van der Waals surface area contributed by atoms with E-state index in [-0.39, 0.29) is 22.9 Å². The molecule has 2 fully saturated rings. The molecule has 2 aliphatic carbocycles. The number of carbonyl (C=O) groups excluding carboxylic acids is 2. The minimum atomic E-state index is -0.239. The zero-order valence-electron chi connectivity index (χ0n) is 13.5. The van der Waals surface area contributed by atoms with Gasteiger partial charge in [-0.2, -0.15) is 0 Å². The van der Waals surface area contributed by atoms with Gasteiger partial charge >= 0.3 is 5.97 Å². The Morgan fingerprint density at radius 1 is 1.30 bits per heavy atom. The van der Waals surface area contributed by atoms with Crippen LogP contribution < -0.4 is 0 Å². The summed E-state index contributed by atoms with van der Waals surface area (Å²) in [5, 5.41) is 0. The van der Waals surface area contributed by atoms with Gasteiger partial charge in [-0.25, -0.2) is 0 Å². The fraction of sp³-hybridized carbons (Fsp3) is 0.882. The Labute approximate surface area is 122 Å². The van der Waals surface area contributed by atoms with E-state index in [2.05, 4.69) is 27.7 Å². The zero-order valence-corrected chi connectivity index (χ0v) is 13.5. The standard InChI is InChI=1S/C17H28O3/c1-11(2)13-9-17(5)15(19)7-6-8-16(17,4)10-14(13)20-12(3)18/h11,13-14H,6-10H2,1-5H3/t13-,14-,16+,17+/m0/s1. The summed E-state index contributed by atoms with van der Waals surface area (Å²) >= 11 is 0. The highest BCUT2D eigenvalue weighted by molar-refractivity contribution is 5.86. The fourth-order valence-electron chi connectivity index (χ4n) is 4.42. The van der Waals surface area contributed by atoms with E-state index in [1.165, 1.54) is 6.92 Å².